The van der Waals surface area contributed by atoms with Crippen molar-refractivity contribution in [1.82, 2.24) is 0 Å². The van der Waals surface area contributed by atoms with Crippen LogP contribution in [-0.2, 0) is 52.4 Å². The predicted molar refractivity (Wildman–Crippen MR) is 276 cm³/mol. The summed E-state index contributed by atoms with van der Waals surface area (Å²) < 4.78 is 36.1. The second-order valence-electron chi connectivity index (χ2n) is 25.0. The molecule has 6 fully saturated rings. The van der Waals surface area contributed by atoms with Crippen LogP contribution < -0.4 is 0 Å². The lowest BCUT2D eigenvalue weighted by atomic mass is 9.43. The van der Waals surface area contributed by atoms with Gasteiger partial charge in [0.15, 0.2) is 28.6 Å². The number of allylic oxidation sites excluding steroid dienone is 1. The van der Waals surface area contributed by atoms with Crippen molar-refractivity contribution in [2.24, 2.45) is 45.3 Å². The van der Waals surface area contributed by atoms with Gasteiger partial charge < -0.3 is 54.0 Å². The fraction of sp³-hybridized carbons (Fsp3) is 0.617. The van der Waals surface area contributed by atoms with Crippen LogP contribution in [-0.4, -0.2) is 145 Å². The van der Waals surface area contributed by atoms with Crippen LogP contribution in [0.5, 0.6) is 0 Å². The predicted octanol–water partition coefficient (Wildman–Crippen LogP) is 4.92. The highest BCUT2D eigenvalue weighted by atomic mass is 16.6. The largest absolute Gasteiger partial charge is 0.455 e. The quantitative estimate of drug-likeness (QED) is 0.146. The van der Waals surface area contributed by atoms with Crippen molar-refractivity contribution < 1.29 is 87.5 Å². The maximum Gasteiger partial charge on any atom is 0.338 e. The number of rotatable bonds is 6. The molecule has 4 bridgehead atoms. The summed E-state index contributed by atoms with van der Waals surface area (Å²) in [6.45, 7) is 19.3. The molecule has 5 N–H and O–H groups in total. The van der Waals surface area contributed by atoms with Crippen LogP contribution in [0.15, 0.2) is 83.0 Å². The minimum absolute atomic E-state index is 0.0617. The normalized spacial score (nSPS) is 41.8. The molecule has 10 rings (SSSR count). The zero-order chi connectivity index (χ0) is 57.4. The zero-order valence-electron chi connectivity index (χ0n) is 46.4. The fourth-order valence-electron chi connectivity index (χ4n) is 15.7. The molecule has 2 aromatic carbocycles. The molecule has 2 saturated heterocycles. The van der Waals surface area contributed by atoms with Gasteiger partial charge in [-0.15, -0.1) is 0 Å². The number of ether oxygens (including phenoxy) is 6. The summed E-state index contributed by atoms with van der Waals surface area (Å²) in [6, 6.07) is 16.5. The van der Waals surface area contributed by atoms with E-state index >= 15 is 0 Å². The van der Waals surface area contributed by atoms with Crippen molar-refractivity contribution >= 4 is 41.2 Å². The average molecular weight is 1080 g/mol. The highest BCUT2D eigenvalue weighted by molar-refractivity contribution is 6.02. The van der Waals surface area contributed by atoms with E-state index in [1.54, 1.807) is 116 Å². The number of aliphatic hydroxyl groups is 5. The summed E-state index contributed by atoms with van der Waals surface area (Å²) in [4.78, 5) is 94.4. The number of carbonyl (C=O) groups excluding carboxylic acids is 7. The summed E-state index contributed by atoms with van der Waals surface area (Å²) in [5.74, 6) is -7.29. The average Bonchev–Trinajstić information content (AvgIpc) is 3.37. The number of fused-ring (bicyclic) bond motifs is 10. The van der Waals surface area contributed by atoms with Gasteiger partial charge in [-0.05, 0) is 85.1 Å². The minimum Gasteiger partial charge on any atom is -0.455 e. The standard InChI is InChI=1S/C30H38O9.C30H36O9/c2*1-15-12-20-29(14-37-20,39-17(3)31)23-25(38-26(35)18-10-8-7-9-11-18)30(36)13-19(32)16(2)21(27(30,4)5)22(33)24(34)28(15,23)6/h7-11,15,19-20,22-23,25,32-33,36H,12-14H2,1-6H3;7-11,15,20,22-23,25,33,36H,12-14H2,1-6H3/t15-,19?,20?,22?,23?,25?,28+,29?,30?;15-,20?,22?,23?,25?,28+,29?,30?/m00/s1. The Kier molecular flexibility index (Phi) is 14.0. The molecule has 2 aromatic rings. The summed E-state index contributed by atoms with van der Waals surface area (Å²) in [5, 5.41) is 59.8. The third-order valence-corrected chi connectivity index (χ3v) is 20.6. The number of aliphatic hydroxyl groups excluding tert-OH is 3. The molecule has 18 heteroatoms. The molecule has 4 saturated carbocycles. The lowest BCUT2D eigenvalue weighted by Gasteiger charge is -2.67. The Bertz CT molecular complexity index is 2910. The summed E-state index contributed by atoms with van der Waals surface area (Å²) in [7, 11) is 0. The van der Waals surface area contributed by atoms with Crippen molar-refractivity contribution in [1.29, 1.82) is 0 Å². The van der Waals surface area contributed by atoms with E-state index in [4.69, 9.17) is 28.4 Å². The lowest BCUT2D eigenvalue weighted by molar-refractivity contribution is -0.340. The third kappa shape index (κ3) is 7.84. The van der Waals surface area contributed by atoms with Crippen molar-refractivity contribution in [3.63, 3.8) is 0 Å². The summed E-state index contributed by atoms with van der Waals surface area (Å²) in [6.07, 6.45) is -8.56. The van der Waals surface area contributed by atoms with Gasteiger partial charge in [-0.2, -0.15) is 0 Å². The molecule has 0 aromatic heterocycles. The number of hydrogen-bond donors (Lipinski definition) is 5. The molecule has 422 valence electrons. The molecule has 0 amide bonds. The van der Waals surface area contributed by atoms with Gasteiger partial charge in [0.05, 0.1) is 42.3 Å². The van der Waals surface area contributed by atoms with Crippen molar-refractivity contribution in [3.05, 3.63) is 94.1 Å². The van der Waals surface area contributed by atoms with Crippen LogP contribution in [0.25, 0.3) is 0 Å². The van der Waals surface area contributed by atoms with E-state index in [0.717, 1.165) is 0 Å². The number of Topliss-reactive ketones (excluding diaryl/α,β-unsaturated/α-hetero) is 3. The van der Waals surface area contributed by atoms with Gasteiger partial charge in [0.25, 0.3) is 0 Å². The van der Waals surface area contributed by atoms with Gasteiger partial charge in [-0.3, -0.25) is 24.0 Å². The highest BCUT2D eigenvalue weighted by Crippen LogP contribution is 2.67. The second kappa shape index (κ2) is 19.1. The first kappa shape index (κ1) is 57.2. The molecule has 18 nitrogen and oxygen atoms in total. The molecule has 2 aliphatic heterocycles. The third-order valence-electron chi connectivity index (χ3n) is 20.6. The smallest absolute Gasteiger partial charge is 0.338 e. The number of esters is 4. The van der Waals surface area contributed by atoms with E-state index in [9.17, 15) is 59.1 Å². The Morgan fingerprint density at radius 3 is 1.36 bits per heavy atom. The Morgan fingerprint density at radius 2 is 0.974 bits per heavy atom. The van der Waals surface area contributed by atoms with Crippen LogP contribution in [0.4, 0.5) is 0 Å². The van der Waals surface area contributed by atoms with E-state index in [1.807, 2.05) is 13.8 Å². The van der Waals surface area contributed by atoms with Crippen LogP contribution in [0.2, 0.25) is 0 Å². The van der Waals surface area contributed by atoms with E-state index in [2.05, 4.69) is 0 Å². The molecule has 6 aliphatic carbocycles. The Balaban J connectivity index is 0.000000190. The van der Waals surface area contributed by atoms with E-state index in [0.29, 0.717) is 18.4 Å². The Hall–Kier alpha value is -5.47. The number of carbonyl (C=O) groups is 7. The first-order valence-electron chi connectivity index (χ1n) is 26.9. The monoisotopic (exact) mass is 1080 g/mol. The molecule has 0 spiro atoms. The molecular weight excluding hydrogens is 1010 g/mol. The van der Waals surface area contributed by atoms with E-state index < -0.39 is 158 Å². The van der Waals surface area contributed by atoms with Gasteiger partial charge in [0, 0.05) is 48.3 Å². The fourth-order valence-corrected chi connectivity index (χ4v) is 15.7. The SMILES string of the molecule is CC(=O)OC12COC1C[C@H](C)[C@@]1(C)C(=O)C(O)C3=C(C)C(=O)CC(O)(C(OC(=O)c4ccccc4)C21)C3(C)C.CC(=O)OC12COC1C[C@H](C)[C@@]1(C)C(=O)C(O)C3=C(C)C(O)CC(O)(C(OC(=O)c4ccccc4)C21)C3(C)C. The second-order valence-corrected chi connectivity index (χ2v) is 25.0. The van der Waals surface area contributed by atoms with Gasteiger partial charge in [0.1, 0.15) is 47.8 Å². The van der Waals surface area contributed by atoms with Crippen molar-refractivity contribution in [3.8, 4) is 0 Å². The van der Waals surface area contributed by atoms with Crippen LogP contribution in [0, 0.1) is 45.3 Å². The van der Waals surface area contributed by atoms with Crippen LogP contribution >= 0.6 is 0 Å². The molecule has 8 aliphatic rings. The minimum atomic E-state index is -2.05. The number of ketones is 3. The molecular formula is C60H74O18. The topological polar surface area (TPSA) is 276 Å². The molecule has 13 unspecified atom stereocenters. The lowest BCUT2D eigenvalue weighted by Crippen LogP contribution is -2.80. The number of benzene rings is 2. The molecule has 2 heterocycles. The van der Waals surface area contributed by atoms with Crippen molar-refractivity contribution in [2.75, 3.05) is 13.2 Å². The van der Waals surface area contributed by atoms with Gasteiger partial charge >= 0.3 is 23.9 Å². The number of hydrogen-bond acceptors (Lipinski definition) is 18. The first-order valence-corrected chi connectivity index (χ1v) is 26.9. The van der Waals surface area contributed by atoms with Gasteiger partial charge in [-0.1, -0.05) is 91.8 Å². The molecule has 0 radical (unpaired) electrons. The Labute approximate surface area is 453 Å². The maximum absolute atomic E-state index is 14.4. The van der Waals surface area contributed by atoms with E-state index in [1.165, 1.54) is 13.8 Å². The van der Waals surface area contributed by atoms with Crippen molar-refractivity contribution in [2.45, 2.75) is 174 Å². The van der Waals surface area contributed by atoms with Gasteiger partial charge in [-0.25, -0.2) is 9.59 Å². The highest BCUT2D eigenvalue weighted by Gasteiger charge is 2.79. The first-order chi connectivity index (χ1) is 36.2. The molecule has 17 atom stereocenters. The Morgan fingerprint density at radius 1 is 0.590 bits per heavy atom. The van der Waals surface area contributed by atoms with Crippen LogP contribution in [0.3, 0.4) is 0 Å². The van der Waals surface area contributed by atoms with Gasteiger partial charge in [0.2, 0.25) is 0 Å². The van der Waals surface area contributed by atoms with Crippen LogP contribution in [0.1, 0.15) is 129 Å². The summed E-state index contributed by atoms with van der Waals surface area (Å²) >= 11 is 0. The summed E-state index contributed by atoms with van der Waals surface area (Å²) in [5.41, 5.74) is -10.9. The maximum atomic E-state index is 14.4. The molecule has 78 heavy (non-hydrogen) atoms. The zero-order valence-corrected chi connectivity index (χ0v) is 46.4. The van der Waals surface area contributed by atoms with E-state index in [-0.39, 0.29) is 47.5 Å².